The number of rotatable bonds is 3. The van der Waals surface area contributed by atoms with E-state index in [0.29, 0.717) is 16.0 Å². The topological polar surface area (TPSA) is 30.9 Å². The molecule has 5 heteroatoms. The molecule has 2 N–H and O–H groups in total. The van der Waals surface area contributed by atoms with Gasteiger partial charge in [-0.05, 0) is 57.9 Å². The van der Waals surface area contributed by atoms with Crippen molar-refractivity contribution in [3.05, 3.63) is 70.1 Å². The van der Waals surface area contributed by atoms with Crippen molar-refractivity contribution < 1.29 is 4.39 Å². The van der Waals surface area contributed by atoms with Gasteiger partial charge in [0.25, 0.3) is 0 Å². The molecule has 0 amide bonds. The van der Waals surface area contributed by atoms with Gasteiger partial charge in [-0.15, -0.1) is 0 Å². The number of benzene rings is 2. The maximum atomic E-state index is 13.3. The summed E-state index contributed by atoms with van der Waals surface area (Å²) in [5.41, 5.74) is 8.63. The predicted molar refractivity (Wildman–Crippen MR) is 91.0 cm³/mol. The fourth-order valence-corrected chi connectivity index (χ4v) is 2.88. The van der Waals surface area contributed by atoms with E-state index in [9.17, 15) is 4.39 Å². The summed E-state index contributed by atoms with van der Waals surface area (Å²) in [5.74, 6) is -0.253. The maximum absolute atomic E-state index is 13.3. The summed E-state index contributed by atoms with van der Waals surface area (Å²) >= 11 is 8.21. The molecule has 0 aliphatic carbocycles. The Morgan fingerprint density at radius 3 is 2.71 bits per heavy atom. The van der Waals surface area contributed by atoms with Crippen molar-refractivity contribution >= 4 is 44.0 Å². The summed E-state index contributed by atoms with van der Waals surface area (Å²) in [4.78, 5) is 0.395. The number of hydrogen-bond acceptors (Lipinski definition) is 1. The highest BCUT2D eigenvalue weighted by Gasteiger charge is 2.06. The van der Waals surface area contributed by atoms with E-state index < -0.39 is 0 Å². The fourth-order valence-electron chi connectivity index (χ4n) is 2.33. The van der Waals surface area contributed by atoms with Crippen LogP contribution in [0.2, 0.25) is 0 Å². The summed E-state index contributed by atoms with van der Waals surface area (Å²) in [7, 11) is 0. The molecule has 21 heavy (non-hydrogen) atoms. The van der Waals surface area contributed by atoms with Gasteiger partial charge >= 0.3 is 0 Å². The minimum Gasteiger partial charge on any atom is -0.389 e. The first kappa shape index (κ1) is 14.2. The lowest BCUT2D eigenvalue weighted by molar-refractivity contribution is 0.619. The van der Waals surface area contributed by atoms with Gasteiger partial charge in [-0.3, -0.25) is 0 Å². The molecule has 2 nitrogen and oxygen atoms in total. The third-order valence-electron chi connectivity index (χ3n) is 3.39. The lowest BCUT2D eigenvalue weighted by Crippen LogP contribution is -2.08. The number of nitrogens with zero attached hydrogens (tertiary/aromatic N) is 1. The zero-order chi connectivity index (χ0) is 15.0. The van der Waals surface area contributed by atoms with Crippen molar-refractivity contribution in [2.75, 3.05) is 0 Å². The van der Waals surface area contributed by atoms with Gasteiger partial charge in [-0.2, -0.15) is 0 Å². The number of halogens is 2. The molecule has 106 valence electrons. The quantitative estimate of drug-likeness (QED) is 0.707. The van der Waals surface area contributed by atoms with Crippen LogP contribution in [0.4, 0.5) is 4.39 Å². The van der Waals surface area contributed by atoms with Gasteiger partial charge in [0.15, 0.2) is 0 Å². The van der Waals surface area contributed by atoms with Crippen LogP contribution in [0, 0.1) is 5.82 Å². The summed E-state index contributed by atoms with van der Waals surface area (Å²) in [6.45, 7) is 0.675. The Morgan fingerprint density at radius 1 is 1.19 bits per heavy atom. The van der Waals surface area contributed by atoms with Crippen molar-refractivity contribution in [3.8, 4) is 0 Å². The van der Waals surface area contributed by atoms with Crippen molar-refractivity contribution in [2.24, 2.45) is 5.73 Å². The molecule has 0 atom stereocenters. The Hall–Kier alpha value is -1.72. The molecule has 3 aromatic rings. The third-order valence-corrected chi connectivity index (χ3v) is 4.24. The van der Waals surface area contributed by atoms with Crippen molar-refractivity contribution in [3.63, 3.8) is 0 Å². The zero-order valence-corrected chi connectivity index (χ0v) is 13.4. The van der Waals surface area contributed by atoms with Gasteiger partial charge in [0.1, 0.15) is 10.8 Å². The molecular weight excluding hydrogens is 351 g/mol. The average Bonchev–Trinajstić information content (AvgIpc) is 2.85. The summed E-state index contributed by atoms with van der Waals surface area (Å²) in [5, 5.41) is 1.08. The first-order chi connectivity index (χ1) is 10.0. The number of nitrogens with two attached hydrogens (primary N) is 1. The molecule has 0 saturated heterocycles. The van der Waals surface area contributed by atoms with Crippen LogP contribution in [0.15, 0.2) is 53.1 Å². The van der Waals surface area contributed by atoms with Gasteiger partial charge in [-0.1, -0.05) is 18.3 Å². The van der Waals surface area contributed by atoms with Crippen LogP contribution >= 0.6 is 28.1 Å². The van der Waals surface area contributed by atoms with Crippen molar-refractivity contribution in [1.29, 1.82) is 0 Å². The molecule has 0 fully saturated rings. The molecule has 0 unspecified atom stereocenters. The van der Waals surface area contributed by atoms with E-state index in [1.54, 1.807) is 12.1 Å². The Balaban J connectivity index is 1.97. The van der Waals surface area contributed by atoms with E-state index in [1.807, 2.05) is 30.5 Å². The van der Waals surface area contributed by atoms with E-state index >= 15 is 0 Å². The normalized spacial score (nSPS) is 11.0. The van der Waals surface area contributed by atoms with Crippen LogP contribution in [-0.4, -0.2) is 9.56 Å². The summed E-state index contributed by atoms with van der Waals surface area (Å²) in [6, 6.07) is 13.0. The van der Waals surface area contributed by atoms with Crippen LogP contribution in [0.25, 0.3) is 10.9 Å². The van der Waals surface area contributed by atoms with Crippen LogP contribution < -0.4 is 5.73 Å². The summed E-state index contributed by atoms with van der Waals surface area (Å²) < 4.78 is 15.9. The van der Waals surface area contributed by atoms with E-state index in [0.717, 1.165) is 22.0 Å². The summed E-state index contributed by atoms with van der Waals surface area (Å²) in [6.07, 6.45) is 2.01. The van der Waals surface area contributed by atoms with Gasteiger partial charge < -0.3 is 10.3 Å². The molecule has 1 aromatic heterocycles. The first-order valence-electron chi connectivity index (χ1n) is 6.37. The second-order valence-electron chi connectivity index (χ2n) is 4.83. The molecule has 3 rings (SSSR count). The van der Waals surface area contributed by atoms with Crippen LogP contribution in [0.5, 0.6) is 0 Å². The SMILES string of the molecule is NC(=S)c1ccc2c(ccn2Cc2ccc(F)c(Br)c2)c1. The van der Waals surface area contributed by atoms with Gasteiger partial charge in [0, 0.05) is 29.2 Å². The minimum absolute atomic E-state index is 0.253. The highest BCUT2D eigenvalue weighted by Crippen LogP contribution is 2.21. The molecule has 0 aliphatic rings. The first-order valence-corrected chi connectivity index (χ1v) is 7.57. The van der Waals surface area contributed by atoms with E-state index in [4.69, 9.17) is 18.0 Å². The maximum Gasteiger partial charge on any atom is 0.137 e. The lowest BCUT2D eigenvalue weighted by atomic mass is 10.1. The van der Waals surface area contributed by atoms with Gasteiger partial charge in [-0.25, -0.2) is 4.39 Å². The standard InChI is InChI=1S/C16H12BrFN2S/c17-13-7-10(1-3-14(13)18)9-20-6-5-11-8-12(16(19)21)2-4-15(11)20/h1-8H,9H2,(H2,19,21). The molecule has 0 aliphatic heterocycles. The fraction of sp³-hybridized carbons (Fsp3) is 0.0625. The van der Waals surface area contributed by atoms with Crippen molar-refractivity contribution in [1.82, 2.24) is 4.57 Å². The van der Waals surface area contributed by atoms with Crippen molar-refractivity contribution in [2.45, 2.75) is 6.54 Å². The molecule has 0 radical (unpaired) electrons. The van der Waals surface area contributed by atoms with E-state index in [-0.39, 0.29) is 5.82 Å². The third kappa shape index (κ3) is 2.84. The number of fused-ring (bicyclic) bond motifs is 1. The van der Waals surface area contributed by atoms with E-state index in [1.165, 1.54) is 6.07 Å². The second-order valence-corrected chi connectivity index (χ2v) is 6.12. The number of aromatic nitrogens is 1. The highest BCUT2D eigenvalue weighted by molar-refractivity contribution is 9.10. The van der Waals surface area contributed by atoms with Crippen LogP contribution in [-0.2, 0) is 6.54 Å². The van der Waals surface area contributed by atoms with Gasteiger partial charge in [0.05, 0.1) is 4.47 Å². The molecular formula is C16H12BrFN2S. The Bertz CT molecular complexity index is 841. The minimum atomic E-state index is -0.253. The smallest absolute Gasteiger partial charge is 0.137 e. The number of thiocarbonyl (C=S) groups is 1. The molecule has 0 bridgehead atoms. The predicted octanol–water partition coefficient (Wildman–Crippen LogP) is 4.23. The largest absolute Gasteiger partial charge is 0.389 e. The average molecular weight is 363 g/mol. The molecule has 0 saturated carbocycles. The van der Waals surface area contributed by atoms with Crippen LogP contribution in [0.3, 0.4) is 0 Å². The Kier molecular flexibility index (Phi) is 3.78. The monoisotopic (exact) mass is 362 g/mol. The molecule has 2 aromatic carbocycles. The zero-order valence-electron chi connectivity index (χ0n) is 11.0. The van der Waals surface area contributed by atoms with Crippen LogP contribution in [0.1, 0.15) is 11.1 Å². The van der Waals surface area contributed by atoms with E-state index in [2.05, 4.69) is 20.5 Å². The second kappa shape index (κ2) is 5.58. The molecule has 1 heterocycles. The Morgan fingerprint density at radius 2 is 2.00 bits per heavy atom. The Labute approximate surface area is 135 Å². The highest BCUT2D eigenvalue weighted by atomic mass is 79.9. The number of hydrogen-bond donors (Lipinski definition) is 1. The van der Waals surface area contributed by atoms with Gasteiger partial charge in [0.2, 0.25) is 0 Å². The lowest BCUT2D eigenvalue weighted by Gasteiger charge is -2.07. The molecule has 0 spiro atoms.